The summed E-state index contributed by atoms with van der Waals surface area (Å²) in [5.41, 5.74) is 1.85. The minimum Gasteiger partial charge on any atom is -0.334 e. The van der Waals surface area contributed by atoms with Gasteiger partial charge < -0.3 is 10.6 Å². The molecule has 0 unspecified atom stereocenters. The lowest BCUT2D eigenvalue weighted by Crippen LogP contribution is -2.34. The molecule has 4 nitrogen and oxygen atoms in total. The van der Waals surface area contributed by atoms with Gasteiger partial charge in [0.1, 0.15) is 11.6 Å². The second-order valence-electron chi connectivity index (χ2n) is 4.58. The molecule has 0 atom stereocenters. The van der Waals surface area contributed by atoms with E-state index in [9.17, 15) is 13.6 Å². The third-order valence-corrected chi connectivity index (χ3v) is 2.87. The summed E-state index contributed by atoms with van der Waals surface area (Å²) in [7, 11) is 0. The van der Waals surface area contributed by atoms with Gasteiger partial charge in [-0.05, 0) is 36.8 Å². The molecule has 6 heteroatoms. The first-order valence-corrected chi connectivity index (χ1v) is 6.42. The van der Waals surface area contributed by atoms with Crippen molar-refractivity contribution in [2.75, 3.05) is 0 Å². The van der Waals surface area contributed by atoms with E-state index in [0.29, 0.717) is 6.54 Å². The molecule has 0 saturated heterocycles. The van der Waals surface area contributed by atoms with Crippen LogP contribution in [0, 0.1) is 18.6 Å². The van der Waals surface area contributed by atoms with Crippen molar-refractivity contribution in [2.24, 2.45) is 0 Å². The zero-order valence-electron chi connectivity index (χ0n) is 11.5. The molecule has 21 heavy (non-hydrogen) atoms. The van der Waals surface area contributed by atoms with Crippen LogP contribution in [0.4, 0.5) is 13.6 Å². The number of carbonyl (C=O) groups excluding carboxylic acids is 1. The van der Waals surface area contributed by atoms with Crippen LogP contribution in [0.5, 0.6) is 0 Å². The van der Waals surface area contributed by atoms with Crippen molar-refractivity contribution in [1.82, 2.24) is 15.6 Å². The largest absolute Gasteiger partial charge is 0.334 e. The predicted molar refractivity (Wildman–Crippen MR) is 74.4 cm³/mol. The molecule has 0 bridgehead atoms. The maximum Gasteiger partial charge on any atom is 0.315 e. The summed E-state index contributed by atoms with van der Waals surface area (Å²) in [6.07, 6.45) is 1.67. The Morgan fingerprint density at radius 1 is 1.14 bits per heavy atom. The number of urea groups is 1. The Hall–Kier alpha value is -2.50. The van der Waals surface area contributed by atoms with Gasteiger partial charge >= 0.3 is 6.03 Å². The first-order valence-electron chi connectivity index (χ1n) is 6.42. The van der Waals surface area contributed by atoms with Crippen LogP contribution in [0.3, 0.4) is 0 Å². The highest BCUT2D eigenvalue weighted by Crippen LogP contribution is 2.09. The number of aromatic nitrogens is 1. The quantitative estimate of drug-likeness (QED) is 0.910. The van der Waals surface area contributed by atoms with E-state index in [1.54, 1.807) is 6.20 Å². The number of rotatable bonds is 4. The number of benzene rings is 1. The fourth-order valence-electron chi connectivity index (χ4n) is 1.70. The lowest BCUT2D eigenvalue weighted by molar-refractivity contribution is 0.240. The standard InChI is InChI=1S/C15H15F2N3O/c1-10-2-3-11(7-18-10)8-19-15(21)20-9-12-6-13(16)4-5-14(12)17/h2-7H,8-9H2,1H3,(H2,19,20,21). The molecule has 0 aliphatic rings. The van der Waals surface area contributed by atoms with Crippen LogP contribution < -0.4 is 10.6 Å². The average molecular weight is 291 g/mol. The highest BCUT2D eigenvalue weighted by atomic mass is 19.1. The lowest BCUT2D eigenvalue weighted by Gasteiger charge is -2.08. The van der Waals surface area contributed by atoms with Gasteiger partial charge in [0.25, 0.3) is 0 Å². The van der Waals surface area contributed by atoms with Crippen LogP contribution in [0.1, 0.15) is 16.8 Å². The van der Waals surface area contributed by atoms with E-state index >= 15 is 0 Å². The van der Waals surface area contributed by atoms with E-state index in [4.69, 9.17) is 0 Å². The molecule has 2 aromatic rings. The zero-order valence-corrected chi connectivity index (χ0v) is 11.5. The van der Waals surface area contributed by atoms with Crippen LogP contribution >= 0.6 is 0 Å². The van der Waals surface area contributed by atoms with E-state index in [1.807, 2.05) is 19.1 Å². The molecule has 110 valence electrons. The molecule has 0 aliphatic carbocycles. The maximum absolute atomic E-state index is 13.4. The molecular weight excluding hydrogens is 276 g/mol. The molecule has 1 aromatic carbocycles. The Labute approximate surface area is 121 Å². The molecule has 0 fully saturated rings. The maximum atomic E-state index is 13.4. The van der Waals surface area contributed by atoms with E-state index < -0.39 is 17.7 Å². The van der Waals surface area contributed by atoms with Crippen LogP contribution in [0.2, 0.25) is 0 Å². The molecule has 2 N–H and O–H groups in total. The van der Waals surface area contributed by atoms with Crippen LogP contribution in [0.15, 0.2) is 36.5 Å². The van der Waals surface area contributed by atoms with Crippen molar-refractivity contribution in [1.29, 1.82) is 0 Å². The monoisotopic (exact) mass is 291 g/mol. The highest BCUT2D eigenvalue weighted by Gasteiger charge is 2.06. The zero-order chi connectivity index (χ0) is 15.2. The number of nitrogens with zero attached hydrogens (tertiary/aromatic N) is 1. The number of hydrogen-bond acceptors (Lipinski definition) is 2. The van der Waals surface area contributed by atoms with E-state index in [0.717, 1.165) is 29.5 Å². The highest BCUT2D eigenvalue weighted by molar-refractivity contribution is 5.73. The molecule has 2 rings (SSSR count). The van der Waals surface area contributed by atoms with Gasteiger partial charge in [-0.3, -0.25) is 4.98 Å². The number of carbonyl (C=O) groups is 1. The first kappa shape index (κ1) is 14.9. The summed E-state index contributed by atoms with van der Waals surface area (Å²) in [5.74, 6) is -1.10. The number of hydrogen-bond donors (Lipinski definition) is 2. The first-order chi connectivity index (χ1) is 10.0. The number of nitrogens with one attached hydrogen (secondary N) is 2. The summed E-state index contributed by atoms with van der Waals surface area (Å²) in [5, 5.41) is 5.09. The van der Waals surface area contributed by atoms with Crippen molar-refractivity contribution in [2.45, 2.75) is 20.0 Å². The van der Waals surface area contributed by atoms with Gasteiger partial charge in [-0.2, -0.15) is 0 Å². The van der Waals surface area contributed by atoms with E-state index in [2.05, 4.69) is 15.6 Å². The van der Waals surface area contributed by atoms with Crippen molar-refractivity contribution < 1.29 is 13.6 Å². The molecule has 2 amide bonds. The van der Waals surface area contributed by atoms with Crippen molar-refractivity contribution >= 4 is 6.03 Å². The minimum atomic E-state index is -0.556. The number of pyridine rings is 1. The van der Waals surface area contributed by atoms with Gasteiger partial charge in [0, 0.05) is 30.5 Å². The Kier molecular flexibility index (Phi) is 4.81. The molecule has 1 heterocycles. The van der Waals surface area contributed by atoms with Crippen LogP contribution in [-0.2, 0) is 13.1 Å². The minimum absolute atomic E-state index is 0.0818. The fourth-order valence-corrected chi connectivity index (χ4v) is 1.70. The summed E-state index contributed by atoms with van der Waals surface area (Å²) >= 11 is 0. The van der Waals surface area contributed by atoms with Gasteiger partial charge in [-0.25, -0.2) is 13.6 Å². The van der Waals surface area contributed by atoms with Gasteiger partial charge in [0.2, 0.25) is 0 Å². The van der Waals surface area contributed by atoms with Crippen molar-refractivity contribution in [3.05, 3.63) is 65.0 Å². The Bertz CT molecular complexity index is 629. The summed E-state index contributed by atoms with van der Waals surface area (Å²) in [4.78, 5) is 15.7. The second kappa shape index (κ2) is 6.78. The Morgan fingerprint density at radius 3 is 2.62 bits per heavy atom. The number of amides is 2. The van der Waals surface area contributed by atoms with Gasteiger partial charge in [-0.15, -0.1) is 0 Å². The molecule has 1 aromatic heterocycles. The van der Waals surface area contributed by atoms with E-state index in [-0.39, 0.29) is 12.1 Å². The summed E-state index contributed by atoms with van der Waals surface area (Å²) < 4.78 is 26.3. The van der Waals surface area contributed by atoms with Crippen molar-refractivity contribution in [3.63, 3.8) is 0 Å². The molecule has 0 radical (unpaired) electrons. The average Bonchev–Trinajstić information content (AvgIpc) is 2.47. The smallest absolute Gasteiger partial charge is 0.315 e. The summed E-state index contributed by atoms with van der Waals surface area (Å²) in [6, 6.07) is 6.36. The SMILES string of the molecule is Cc1ccc(CNC(=O)NCc2cc(F)ccc2F)cn1. The normalized spacial score (nSPS) is 10.2. The Balaban J connectivity index is 1.82. The third kappa shape index (κ3) is 4.52. The molecule has 0 spiro atoms. The molecule has 0 saturated carbocycles. The van der Waals surface area contributed by atoms with Gasteiger partial charge in [-0.1, -0.05) is 6.07 Å². The van der Waals surface area contributed by atoms with Crippen LogP contribution in [0.25, 0.3) is 0 Å². The predicted octanol–water partition coefficient (Wildman–Crippen LogP) is 2.67. The lowest BCUT2D eigenvalue weighted by atomic mass is 10.2. The molecular formula is C15H15F2N3O. The topological polar surface area (TPSA) is 54.0 Å². The summed E-state index contributed by atoms with van der Waals surface area (Å²) in [6.45, 7) is 2.10. The fraction of sp³-hybridized carbons (Fsp3) is 0.200. The number of aryl methyl sites for hydroxylation is 1. The van der Waals surface area contributed by atoms with Crippen LogP contribution in [-0.4, -0.2) is 11.0 Å². The van der Waals surface area contributed by atoms with E-state index in [1.165, 1.54) is 0 Å². The Morgan fingerprint density at radius 2 is 1.90 bits per heavy atom. The van der Waals surface area contributed by atoms with Gasteiger partial charge in [0.15, 0.2) is 0 Å². The second-order valence-corrected chi connectivity index (χ2v) is 4.58. The number of halogens is 2. The third-order valence-electron chi connectivity index (χ3n) is 2.87. The molecule has 0 aliphatic heterocycles. The van der Waals surface area contributed by atoms with Crippen molar-refractivity contribution in [3.8, 4) is 0 Å². The van der Waals surface area contributed by atoms with Gasteiger partial charge in [0.05, 0.1) is 0 Å².